The smallest absolute Gasteiger partial charge is 0.167 e. The van der Waals surface area contributed by atoms with Crippen molar-refractivity contribution < 1.29 is 14.3 Å². The van der Waals surface area contributed by atoms with E-state index in [0.717, 1.165) is 23.1 Å². The van der Waals surface area contributed by atoms with Gasteiger partial charge in [0, 0.05) is 10.0 Å². The molecule has 1 aliphatic carbocycles. The Morgan fingerprint density at radius 3 is 2.89 bits per heavy atom. The van der Waals surface area contributed by atoms with Gasteiger partial charge in [-0.2, -0.15) is 0 Å². The molecule has 4 heteroatoms. The molecule has 104 valence electrons. The summed E-state index contributed by atoms with van der Waals surface area (Å²) in [5.74, 6) is 1.96. The molecule has 0 bridgehead atoms. The van der Waals surface area contributed by atoms with E-state index in [1.165, 1.54) is 24.5 Å². The Kier molecular flexibility index (Phi) is 4.50. The summed E-state index contributed by atoms with van der Waals surface area (Å²) < 4.78 is 12.1. The number of hydrogen-bond donors (Lipinski definition) is 0. The van der Waals surface area contributed by atoms with Crippen LogP contribution in [0.15, 0.2) is 10.5 Å². The highest BCUT2D eigenvalue weighted by Crippen LogP contribution is 2.45. The van der Waals surface area contributed by atoms with Crippen LogP contribution in [0.3, 0.4) is 0 Å². The lowest BCUT2D eigenvalue weighted by atomic mass is 9.83. The van der Waals surface area contributed by atoms with Crippen LogP contribution >= 0.6 is 15.9 Å². The van der Waals surface area contributed by atoms with Crippen molar-refractivity contribution in [2.45, 2.75) is 39.0 Å². The monoisotopic (exact) mass is 326 g/mol. The molecule has 19 heavy (non-hydrogen) atoms. The van der Waals surface area contributed by atoms with Crippen LogP contribution in [0.2, 0.25) is 0 Å². The molecule has 0 spiro atoms. The molecule has 1 atom stereocenters. The van der Waals surface area contributed by atoms with Crippen LogP contribution in [0.4, 0.5) is 0 Å². The normalized spacial score (nSPS) is 17.8. The molecule has 0 amide bonds. The molecule has 1 unspecified atom stereocenters. The first-order valence-corrected chi connectivity index (χ1v) is 7.35. The molecule has 1 aliphatic rings. The van der Waals surface area contributed by atoms with Crippen molar-refractivity contribution in [3.63, 3.8) is 0 Å². The Labute approximate surface area is 122 Å². The summed E-state index contributed by atoms with van der Waals surface area (Å²) in [5.41, 5.74) is 2.53. The molecule has 1 aromatic rings. The molecule has 3 nitrogen and oxygen atoms in total. The molecule has 0 fully saturated rings. The fourth-order valence-corrected chi connectivity index (χ4v) is 3.53. The maximum Gasteiger partial charge on any atom is 0.167 e. The molecule has 0 aromatic heterocycles. The standard InChI is InChI=1S/C15H19BrO3/c1-9-5-4-6-11-14(9)12(16)7-13(15(11)18-3)19-8-10(2)17/h7,9H,4-6,8H2,1-3H3. The number of carbonyl (C=O) groups is 1. The average Bonchev–Trinajstić information content (AvgIpc) is 2.36. The first kappa shape index (κ1) is 14.4. The van der Waals surface area contributed by atoms with E-state index in [-0.39, 0.29) is 12.4 Å². The molecule has 0 N–H and O–H groups in total. The van der Waals surface area contributed by atoms with Gasteiger partial charge in [-0.3, -0.25) is 4.79 Å². The van der Waals surface area contributed by atoms with Gasteiger partial charge < -0.3 is 9.47 Å². The van der Waals surface area contributed by atoms with Crippen molar-refractivity contribution in [1.82, 2.24) is 0 Å². The highest BCUT2D eigenvalue weighted by molar-refractivity contribution is 9.10. The first-order chi connectivity index (χ1) is 9.04. The zero-order valence-corrected chi connectivity index (χ0v) is 13.2. The predicted molar refractivity (Wildman–Crippen MR) is 78.2 cm³/mol. The van der Waals surface area contributed by atoms with E-state index in [0.29, 0.717) is 11.7 Å². The fraction of sp³-hybridized carbons (Fsp3) is 0.533. The molecule has 1 aromatic carbocycles. The van der Waals surface area contributed by atoms with Crippen LogP contribution in [0.25, 0.3) is 0 Å². The fourth-order valence-electron chi connectivity index (χ4n) is 2.69. The van der Waals surface area contributed by atoms with Crippen molar-refractivity contribution in [1.29, 1.82) is 0 Å². The lowest BCUT2D eigenvalue weighted by Crippen LogP contribution is -2.13. The highest BCUT2D eigenvalue weighted by Gasteiger charge is 2.25. The maximum atomic E-state index is 11.1. The quantitative estimate of drug-likeness (QED) is 0.842. The first-order valence-electron chi connectivity index (χ1n) is 6.56. The average molecular weight is 327 g/mol. The number of ether oxygens (including phenoxy) is 2. The molecular formula is C15H19BrO3. The lowest BCUT2D eigenvalue weighted by Gasteiger charge is -2.27. The molecular weight excluding hydrogens is 308 g/mol. The van der Waals surface area contributed by atoms with Crippen LogP contribution in [-0.4, -0.2) is 19.5 Å². The minimum Gasteiger partial charge on any atom is -0.493 e. The van der Waals surface area contributed by atoms with Gasteiger partial charge in [0.1, 0.15) is 6.61 Å². The van der Waals surface area contributed by atoms with E-state index in [9.17, 15) is 4.79 Å². The summed E-state index contributed by atoms with van der Waals surface area (Å²) in [6.45, 7) is 3.83. The molecule has 0 saturated heterocycles. The summed E-state index contributed by atoms with van der Waals surface area (Å²) in [6.07, 6.45) is 3.36. The predicted octanol–water partition coefficient (Wildman–Crippen LogP) is 3.87. The molecule has 0 saturated carbocycles. The Hall–Kier alpha value is -1.03. The lowest BCUT2D eigenvalue weighted by molar-refractivity contribution is -0.118. The number of benzene rings is 1. The van der Waals surface area contributed by atoms with E-state index < -0.39 is 0 Å². The Bertz CT molecular complexity index is 497. The number of ketones is 1. The molecule has 0 aliphatic heterocycles. The van der Waals surface area contributed by atoms with Crippen molar-refractivity contribution >= 4 is 21.7 Å². The van der Waals surface area contributed by atoms with Crippen molar-refractivity contribution in [3.05, 3.63) is 21.7 Å². The van der Waals surface area contributed by atoms with Gasteiger partial charge in [0.05, 0.1) is 7.11 Å². The van der Waals surface area contributed by atoms with E-state index in [1.807, 2.05) is 6.07 Å². The number of Topliss-reactive ketones (excluding diaryl/α,β-unsaturated/α-hetero) is 1. The number of methoxy groups -OCH3 is 1. The molecule has 2 rings (SSSR count). The number of carbonyl (C=O) groups excluding carboxylic acids is 1. The van der Waals surface area contributed by atoms with Gasteiger partial charge in [-0.15, -0.1) is 0 Å². The summed E-state index contributed by atoms with van der Waals surface area (Å²) in [6, 6.07) is 1.92. The van der Waals surface area contributed by atoms with E-state index in [2.05, 4.69) is 22.9 Å². The van der Waals surface area contributed by atoms with Crippen LogP contribution in [0, 0.1) is 0 Å². The molecule has 0 heterocycles. The van der Waals surface area contributed by atoms with E-state index >= 15 is 0 Å². The van der Waals surface area contributed by atoms with Crippen molar-refractivity contribution in [2.24, 2.45) is 0 Å². The van der Waals surface area contributed by atoms with Crippen LogP contribution < -0.4 is 9.47 Å². The van der Waals surface area contributed by atoms with Crippen molar-refractivity contribution in [3.8, 4) is 11.5 Å². The van der Waals surface area contributed by atoms with E-state index in [4.69, 9.17) is 9.47 Å². The third kappa shape index (κ3) is 2.94. The van der Waals surface area contributed by atoms with E-state index in [1.54, 1.807) is 7.11 Å². The highest BCUT2D eigenvalue weighted by atomic mass is 79.9. The summed E-state index contributed by atoms with van der Waals surface area (Å²) >= 11 is 3.62. The van der Waals surface area contributed by atoms with Gasteiger partial charge in [-0.1, -0.05) is 22.9 Å². The zero-order chi connectivity index (χ0) is 14.0. The van der Waals surface area contributed by atoms with Gasteiger partial charge in [0.25, 0.3) is 0 Å². The zero-order valence-electron chi connectivity index (χ0n) is 11.6. The van der Waals surface area contributed by atoms with Crippen molar-refractivity contribution in [2.75, 3.05) is 13.7 Å². The molecule has 0 radical (unpaired) electrons. The number of hydrogen-bond acceptors (Lipinski definition) is 3. The second kappa shape index (κ2) is 5.95. The van der Waals surface area contributed by atoms with Gasteiger partial charge in [-0.05, 0) is 43.7 Å². The van der Waals surface area contributed by atoms with Crippen LogP contribution in [0.5, 0.6) is 11.5 Å². The van der Waals surface area contributed by atoms with Gasteiger partial charge in [-0.25, -0.2) is 0 Å². The Morgan fingerprint density at radius 1 is 1.53 bits per heavy atom. The van der Waals surface area contributed by atoms with Gasteiger partial charge in [0.2, 0.25) is 0 Å². The number of halogens is 1. The summed E-state index contributed by atoms with van der Waals surface area (Å²) in [5, 5.41) is 0. The second-order valence-electron chi connectivity index (χ2n) is 5.07. The number of rotatable bonds is 4. The minimum absolute atomic E-state index is 0.00395. The van der Waals surface area contributed by atoms with Crippen LogP contribution in [-0.2, 0) is 11.2 Å². The largest absolute Gasteiger partial charge is 0.493 e. The SMILES string of the molecule is COc1c(OCC(C)=O)cc(Br)c2c1CCCC2C. The Balaban J connectivity index is 2.45. The second-order valence-corrected chi connectivity index (χ2v) is 5.92. The number of fused-ring (bicyclic) bond motifs is 1. The van der Waals surface area contributed by atoms with Crippen LogP contribution in [0.1, 0.15) is 43.7 Å². The van der Waals surface area contributed by atoms with Gasteiger partial charge >= 0.3 is 0 Å². The summed E-state index contributed by atoms with van der Waals surface area (Å²) in [7, 11) is 1.66. The minimum atomic E-state index is 0.00395. The van der Waals surface area contributed by atoms with Gasteiger partial charge in [0.15, 0.2) is 17.3 Å². The maximum absolute atomic E-state index is 11.1. The Morgan fingerprint density at radius 2 is 2.26 bits per heavy atom. The topological polar surface area (TPSA) is 35.5 Å². The third-order valence-electron chi connectivity index (χ3n) is 3.53. The summed E-state index contributed by atoms with van der Waals surface area (Å²) in [4.78, 5) is 11.1. The third-order valence-corrected chi connectivity index (χ3v) is 4.19.